The van der Waals surface area contributed by atoms with Gasteiger partial charge in [-0.1, -0.05) is 5.21 Å². The van der Waals surface area contributed by atoms with E-state index < -0.39 is 11.4 Å². The Balaban J connectivity index is 1.20. The number of benzene rings is 3. The Morgan fingerprint density at radius 1 is 0.977 bits per heavy atom. The Morgan fingerprint density at radius 2 is 1.77 bits per heavy atom. The number of aromatic nitrogens is 5. The van der Waals surface area contributed by atoms with Crippen LogP contribution in [-0.4, -0.2) is 67.7 Å². The molecule has 0 saturated carbocycles. The fraction of sp³-hybridized carbons (Fsp3) is 0.323. The first-order chi connectivity index (χ1) is 20.6. The number of piperazine rings is 1. The molecule has 1 saturated heterocycles. The number of hydrogen-bond acceptors (Lipinski definition) is 9. The molecule has 43 heavy (non-hydrogen) atoms. The van der Waals surface area contributed by atoms with Gasteiger partial charge in [-0.05, 0) is 75.7 Å². The molecule has 11 nitrogen and oxygen atoms in total. The van der Waals surface area contributed by atoms with Crippen molar-refractivity contribution in [3.05, 3.63) is 66.2 Å². The van der Waals surface area contributed by atoms with Crippen LogP contribution in [0.15, 0.2) is 54.9 Å². The first-order valence-corrected chi connectivity index (χ1v) is 14.1. The Labute approximate surface area is 248 Å². The zero-order chi connectivity index (χ0) is 30.3. The topological polar surface area (TPSA) is 111 Å². The SMILES string of the molecule is Cc1cc(Nc2ncnc3ccc(N4CCN(C(=O)OC(C)(C)C)CC4)c(F)c23)ccc1Oc1ccc2c(c1)nnn2C. The lowest BCUT2D eigenvalue weighted by atomic mass is 10.1. The normalized spacial score (nSPS) is 13.9. The third kappa shape index (κ3) is 5.85. The molecule has 0 bridgehead atoms. The van der Waals surface area contributed by atoms with Crippen molar-refractivity contribution in [3.63, 3.8) is 0 Å². The molecule has 0 radical (unpaired) electrons. The summed E-state index contributed by atoms with van der Waals surface area (Å²) < 4.78 is 29.4. The molecule has 1 amide bonds. The van der Waals surface area contributed by atoms with Crippen LogP contribution in [0, 0.1) is 12.7 Å². The minimum atomic E-state index is -0.569. The fourth-order valence-corrected chi connectivity index (χ4v) is 5.09. The van der Waals surface area contributed by atoms with E-state index in [9.17, 15) is 4.79 Å². The predicted octanol–water partition coefficient (Wildman–Crippen LogP) is 5.95. The molecule has 3 heterocycles. The highest BCUT2D eigenvalue weighted by atomic mass is 19.1. The second-order valence-electron chi connectivity index (χ2n) is 11.5. The second-order valence-corrected chi connectivity index (χ2v) is 11.5. The Kier molecular flexibility index (Phi) is 7.20. The van der Waals surface area contributed by atoms with Crippen molar-refractivity contribution in [2.45, 2.75) is 33.3 Å². The van der Waals surface area contributed by atoms with E-state index in [1.807, 2.05) is 76.0 Å². The van der Waals surface area contributed by atoms with Crippen LogP contribution >= 0.6 is 0 Å². The zero-order valence-electron chi connectivity index (χ0n) is 24.8. The van der Waals surface area contributed by atoms with Gasteiger partial charge in [-0.15, -0.1) is 5.10 Å². The van der Waals surface area contributed by atoms with Gasteiger partial charge in [-0.25, -0.2) is 23.8 Å². The molecule has 5 aromatic rings. The molecule has 1 fully saturated rings. The van der Waals surface area contributed by atoms with Crippen molar-refractivity contribution in [1.82, 2.24) is 29.9 Å². The summed E-state index contributed by atoms with van der Waals surface area (Å²) in [5, 5.41) is 11.7. The summed E-state index contributed by atoms with van der Waals surface area (Å²) in [7, 11) is 1.84. The van der Waals surface area contributed by atoms with Gasteiger partial charge in [0.1, 0.15) is 34.8 Å². The third-order valence-corrected chi connectivity index (χ3v) is 7.24. The third-order valence-electron chi connectivity index (χ3n) is 7.24. The molecule has 2 aromatic heterocycles. The first-order valence-electron chi connectivity index (χ1n) is 14.1. The van der Waals surface area contributed by atoms with Gasteiger partial charge in [0.25, 0.3) is 0 Å². The summed E-state index contributed by atoms with van der Waals surface area (Å²) in [5.74, 6) is 1.28. The number of rotatable bonds is 5. The molecule has 1 N–H and O–H groups in total. The van der Waals surface area contributed by atoms with Crippen molar-refractivity contribution in [2.24, 2.45) is 7.05 Å². The van der Waals surface area contributed by atoms with Crippen LogP contribution in [0.3, 0.4) is 0 Å². The summed E-state index contributed by atoms with van der Waals surface area (Å²) in [5.41, 5.74) is 3.63. The lowest BCUT2D eigenvalue weighted by molar-refractivity contribution is 0.0240. The number of carbonyl (C=O) groups excluding carboxylic acids is 1. The average Bonchev–Trinajstić information content (AvgIpc) is 3.33. The van der Waals surface area contributed by atoms with Crippen LogP contribution < -0.4 is 15.0 Å². The smallest absolute Gasteiger partial charge is 0.410 e. The molecule has 3 aromatic carbocycles. The Morgan fingerprint density at radius 3 is 2.51 bits per heavy atom. The highest BCUT2D eigenvalue weighted by molar-refractivity contribution is 5.94. The van der Waals surface area contributed by atoms with Gasteiger partial charge in [0.15, 0.2) is 5.82 Å². The maximum atomic E-state index is 16.1. The van der Waals surface area contributed by atoms with Crippen molar-refractivity contribution in [2.75, 3.05) is 36.4 Å². The monoisotopic (exact) mass is 584 g/mol. The summed E-state index contributed by atoms with van der Waals surface area (Å²) in [6.07, 6.45) is 1.06. The number of fused-ring (bicyclic) bond motifs is 2. The Hall–Kier alpha value is -5.00. The van der Waals surface area contributed by atoms with E-state index >= 15 is 4.39 Å². The molecular formula is C31H33FN8O3. The van der Waals surface area contributed by atoms with Gasteiger partial charge in [0.05, 0.1) is 22.1 Å². The van der Waals surface area contributed by atoms with Gasteiger partial charge in [0, 0.05) is 45.0 Å². The van der Waals surface area contributed by atoms with Crippen LogP contribution in [0.2, 0.25) is 0 Å². The molecular weight excluding hydrogens is 551 g/mol. The fourth-order valence-electron chi connectivity index (χ4n) is 5.09. The van der Waals surface area contributed by atoms with E-state index in [2.05, 4.69) is 25.6 Å². The van der Waals surface area contributed by atoms with Gasteiger partial charge >= 0.3 is 6.09 Å². The molecule has 0 aliphatic carbocycles. The average molecular weight is 585 g/mol. The van der Waals surface area contributed by atoms with Crippen molar-refractivity contribution in [3.8, 4) is 11.5 Å². The van der Waals surface area contributed by atoms with E-state index in [1.54, 1.807) is 21.7 Å². The lowest BCUT2D eigenvalue weighted by Crippen LogP contribution is -2.50. The quantitative estimate of drug-likeness (QED) is 0.268. The number of aryl methyl sites for hydroxylation is 2. The first kappa shape index (κ1) is 28.1. The number of amides is 1. The molecule has 0 unspecified atom stereocenters. The maximum Gasteiger partial charge on any atom is 0.410 e. The number of anilines is 3. The van der Waals surface area contributed by atoms with Gasteiger partial charge < -0.3 is 24.6 Å². The van der Waals surface area contributed by atoms with Crippen LogP contribution in [0.4, 0.5) is 26.4 Å². The second kappa shape index (κ2) is 11.0. The lowest BCUT2D eigenvalue weighted by Gasteiger charge is -2.37. The molecule has 0 atom stereocenters. The number of halogens is 1. The van der Waals surface area contributed by atoms with Crippen molar-refractivity contribution in [1.29, 1.82) is 0 Å². The van der Waals surface area contributed by atoms with E-state index in [1.165, 1.54) is 6.33 Å². The van der Waals surface area contributed by atoms with Crippen LogP contribution in [-0.2, 0) is 11.8 Å². The van der Waals surface area contributed by atoms with Crippen LogP contribution in [0.1, 0.15) is 26.3 Å². The standard InChI is InChI=1S/C31H33FN8O3/c1-19-16-20(6-11-26(19)42-21-7-9-24-23(17-21)36-37-38(24)5)35-29-27-22(33-18-34-29)8-10-25(28(27)32)39-12-14-40(15-13-39)30(41)43-31(2,3)4/h6-11,16-18H,12-15H2,1-5H3,(H,33,34,35). The van der Waals surface area contributed by atoms with Crippen molar-refractivity contribution >= 4 is 45.2 Å². The zero-order valence-corrected chi connectivity index (χ0v) is 24.8. The predicted molar refractivity (Wildman–Crippen MR) is 163 cm³/mol. The van der Waals surface area contributed by atoms with E-state index in [0.717, 1.165) is 22.3 Å². The summed E-state index contributed by atoms with van der Waals surface area (Å²) in [6.45, 7) is 9.27. The molecule has 1 aliphatic heterocycles. The summed E-state index contributed by atoms with van der Waals surface area (Å²) in [6, 6.07) is 14.8. The summed E-state index contributed by atoms with van der Waals surface area (Å²) in [4.78, 5) is 24.7. The van der Waals surface area contributed by atoms with Gasteiger partial charge in [-0.3, -0.25) is 0 Å². The highest BCUT2D eigenvalue weighted by Crippen LogP contribution is 2.34. The van der Waals surface area contributed by atoms with E-state index in [0.29, 0.717) is 60.1 Å². The largest absolute Gasteiger partial charge is 0.457 e. The number of nitrogens with one attached hydrogen (secondary N) is 1. The maximum absolute atomic E-state index is 16.1. The molecule has 1 aliphatic rings. The number of nitrogens with zero attached hydrogens (tertiary/aromatic N) is 7. The van der Waals surface area contributed by atoms with E-state index in [4.69, 9.17) is 9.47 Å². The number of carbonyl (C=O) groups is 1. The Bertz CT molecular complexity index is 1830. The number of ether oxygens (including phenoxy) is 2. The van der Waals surface area contributed by atoms with Gasteiger partial charge in [-0.2, -0.15) is 0 Å². The molecule has 6 rings (SSSR count). The molecule has 0 spiro atoms. The van der Waals surface area contributed by atoms with Crippen LogP contribution in [0.5, 0.6) is 11.5 Å². The minimum Gasteiger partial charge on any atom is -0.457 e. The minimum absolute atomic E-state index is 0.296. The molecule has 12 heteroatoms. The highest BCUT2D eigenvalue weighted by Gasteiger charge is 2.27. The summed E-state index contributed by atoms with van der Waals surface area (Å²) >= 11 is 0. The van der Waals surface area contributed by atoms with Gasteiger partial charge in [0.2, 0.25) is 0 Å². The van der Waals surface area contributed by atoms with E-state index in [-0.39, 0.29) is 6.09 Å². The van der Waals surface area contributed by atoms with Crippen LogP contribution in [0.25, 0.3) is 21.9 Å². The molecule has 222 valence electrons. The number of hydrogen-bond donors (Lipinski definition) is 1. The van der Waals surface area contributed by atoms with Crippen molar-refractivity contribution < 1.29 is 18.7 Å².